The van der Waals surface area contributed by atoms with E-state index in [2.05, 4.69) is 29.4 Å². The van der Waals surface area contributed by atoms with Gasteiger partial charge in [-0.2, -0.15) is 0 Å². The van der Waals surface area contributed by atoms with Crippen LogP contribution in [-0.2, 0) is 4.74 Å². The standard InChI is InChI=1S/C23H27N3O2S2.ClH/c1-16-7-8-17(2)18(15-16)22(27)26(10-9-25-11-13-28-14-12-25)23-24-21-19(29-3)5-4-6-20(21)30-23;/h4-8,15H,9-14H2,1-3H3;1H. The Hall–Kier alpha value is -1.64. The summed E-state index contributed by atoms with van der Waals surface area (Å²) < 4.78 is 6.58. The Morgan fingerprint density at radius 2 is 2.00 bits per heavy atom. The number of benzene rings is 2. The summed E-state index contributed by atoms with van der Waals surface area (Å²) in [5, 5.41) is 0.769. The quantitative estimate of drug-likeness (QED) is 0.465. The number of aryl methyl sites for hydroxylation is 2. The summed E-state index contributed by atoms with van der Waals surface area (Å²) in [4.78, 5) is 23.9. The van der Waals surface area contributed by atoms with Gasteiger partial charge < -0.3 is 4.74 Å². The Kier molecular flexibility index (Phi) is 8.36. The molecule has 2 heterocycles. The summed E-state index contributed by atoms with van der Waals surface area (Å²) in [7, 11) is 0. The third-order valence-electron chi connectivity index (χ3n) is 5.43. The number of ether oxygens (including phenoxy) is 1. The molecule has 8 heteroatoms. The first kappa shape index (κ1) is 24.0. The van der Waals surface area contributed by atoms with Crippen molar-refractivity contribution in [3.8, 4) is 0 Å². The highest BCUT2D eigenvalue weighted by Crippen LogP contribution is 2.34. The van der Waals surface area contributed by atoms with E-state index >= 15 is 0 Å². The van der Waals surface area contributed by atoms with Crippen LogP contribution in [0.4, 0.5) is 5.13 Å². The number of anilines is 1. The zero-order valence-corrected chi connectivity index (χ0v) is 20.5. The molecule has 0 saturated carbocycles. The number of amides is 1. The highest BCUT2D eigenvalue weighted by Gasteiger charge is 2.24. The molecule has 0 bridgehead atoms. The Bertz CT molecular complexity index is 1050. The molecule has 1 saturated heterocycles. The number of nitrogens with zero attached hydrogens (tertiary/aromatic N) is 3. The molecule has 5 nitrogen and oxygen atoms in total. The number of aromatic nitrogens is 1. The SMILES string of the molecule is CSc1cccc2sc(N(CCN3CCOCC3)C(=O)c3cc(C)ccc3C)nc12.Cl. The fraction of sp³-hybridized carbons (Fsp3) is 0.391. The molecule has 4 rings (SSSR count). The van der Waals surface area contributed by atoms with Crippen molar-refractivity contribution in [2.75, 3.05) is 50.5 Å². The number of hydrogen-bond donors (Lipinski definition) is 0. The summed E-state index contributed by atoms with van der Waals surface area (Å²) in [6.45, 7) is 8.76. The minimum Gasteiger partial charge on any atom is -0.379 e. The normalized spacial score (nSPS) is 14.4. The Balaban J connectivity index is 0.00000272. The summed E-state index contributed by atoms with van der Waals surface area (Å²) in [5.74, 6) is 0.0224. The van der Waals surface area contributed by atoms with E-state index in [0.29, 0.717) is 6.54 Å². The summed E-state index contributed by atoms with van der Waals surface area (Å²) in [6.07, 6.45) is 2.06. The molecule has 1 aliphatic heterocycles. The molecule has 1 aromatic heterocycles. The lowest BCUT2D eigenvalue weighted by molar-refractivity contribution is 0.0391. The lowest BCUT2D eigenvalue weighted by Crippen LogP contribution is -2.43. The molecule has 0 spiro atoms. The highest BCUT2D eigenvalue weighted by atomic mass is 35.5. The molecule has 0 radical (unpaired) electrons. The van der Waals surface area contributed by atoms with Gasteiger partial charge in [-0.3, -0.25) is 14.6 Å². The van der Waals surface area contributed by atoms with Gasteiger partial charge >= 0.3 is 0 Å². The van der Waals surface area contributed by atoms with Gasteiger partial charge in [0.2, 0.25) is 0 Å². The van der Waals surface area contributed by atoms with Crippen LogP contribution in [-0.4, -0.2) is 61.4 Å². The van der Waals surface area contributed by atoms with E-state index in [1.807, 2.05) is 36.9 Å². The maximum atomic E-state index is 13.7. The van der Waals surface area contributed by atoms with Crippen LogP contribution in [0, 0.1) is 13.8 Å². The number of fused-ring (bicyclic) bond motifs is 1. The molecular formula is C23H28ClN3O2S2. The van der Waals surface area contributed by atoms with Gasteiger partial charge in [-0.15, -0.1) is 24.2 Å². The molecule has 1 fully saturated rings. The van der Waals surface area contributed by atoms with Crippen LogP contribution in [0.5, 0.6) is 0 Å². The molecule has 1 aliphatic rings. The van der Waals surface area contributed by atoms with Crippen molar-refractivity contribution in [3.63, 3.8) is 0 Å². The Labute approximate surface area is 198 Å². The number of carbonyl (C=O) groups is 1. The first-order valence-electron chi connectivity index (χ1n) is 10.2. The molecule has 0 aliphatic carbocycles. The van der Waals surface area contributed by atoms with Gasteiger partial charge in [0.15, 0.2) is 5.13 Å². The van der Waals surface area contributed by atoms with Gasteiger partial charge in [-0.05, 0) is 43.9 Å². The van der Waals surface area contributed by atoms with E-state index in [4.69, 9.17) is 9.72 Å². The van der Waals surface area contributed by atoms with Crippen molar-refractivity contribution in [1.29, 1.82) is 0 Å². The van der Waals surface area contributed by atoms with Crippen LogP contribution in [0.15, 0.2) is 41.3 Å². The Morgan fingerprint density at radius 3 is 2.74 bits per heavy atom. The molecule has 1 amide bonds. The average molecular weight is 478 g/mol. The lowest BCUT2D eigenvalue weighted by Gasteiger charge is -2.29. The fourth-order valence-electron chi connectivity index (χ4n) is 3.65. The summed E-state index contributed by atoms with van der Waals surface area (Å²) in [5.41, 5.74) is 3.82. The molecule has 0 unspecified atom stereocenters. The lowest BCUT2D eigenvalue weighted by atomic mass is 10.0. The summed E-state index contributed by atoms with van der Waals surface area (Å²) >= 11 is 3.28. The van der Waals surface area contributed by atoms with Gasteiger partial charge in [-0.25, -0.2) is 4.98 Å². The van der Waals surface area contributed by atoms with Crippen molar-refractivity contribution in [3.05, 3.63) is 53.1 Å². The second kappa shape index (κ2) is 10.8. The monoisotopic (exact) mass is 477 g/mol. The van der Waals surface area contributed by atoms with Gasteiger partial charge in [0, 0.05) is 36.6 Å². The minimum atomic E-state index is 0. The molecular weight excluding hydrogens is 450 g/mol. The predicted molar refractivity (Wildman–Crippen MR) is 134 cm³/mol. The number of halogens is 1. The largest absolute Gasteiger partial charge is 0.379 e. The van der Waals surface area contributed by atoms with E-state index in [1.165, 1.54) is 0 Å². The zero-order valence-electron chi connectivity index (χ0n) is 18.1. The molecule has 31 heavy (non-hydrogen) atoms. The number of thiazole rings is 1. The van der Waals surface area contributed by atoms with Crippen molar-refractivity contribution in [1.82, 2.24) is 9.88 Å². The third kappa shape index (κ3) is 5.41. The van der Waals surface area contributed by atoms with Crippen molar-refractivity contribution >= 4 is 56.8 Å². The minimum absolute atomic E-state index is 0. The fourth-order valence-corrected chi connectivity index (χ4v) is 5.30. The average Bonchev–Trinajstić information content (AvgIpc) is 3.20. The van der Waals surface area contributed by atoms with Crippen LogP contribution < -0.4 is 4.90 Å². The topological polar surface area (TPSA) is 45.7 Å². The number of para-hydroxylation sites is 1. The van der Waals surface area contributed by atoms with Crippen molar-refractivity contribution in [2.24, 2.45) is 0 Å². The second-order valence-electron chi connectivity index (χ2n) is 7.53. The first-order chi connectivity index (χ1) is 14.6. The van der Waals surface area contributed by atoms with E-state index in [0.717, 1.165) is 69.8 Å². The van der Waals surface area contributed by atoms with Crippen LogP contribution in [0.25, 0.3) is 10.2 Å². The smallest absolute Gasteiger partial charge is 0.260 e. The van der Waals surface area contributed by atoms with Crippen LogP contribution in [0.2, 0.25) is 0 Å². The van der Waals surface area contributed by atoms with Crippen LogP contribution in [0.3, 0.4) is 0 Å². The van der Waals surface area contributed by atoms with E-state index in [9.17, 15) is 4.79 Å². The van der Waals surface area contributed by atoms with Crippen LogP contribution >= 0.6 is 35.5 Å². The molecule has 0 N–H and O–H groups in total. The van der Waals surface area contributed by atoms with Crippen molar-refractivity contribution < 1.29 is 9.53 Å². The van der Waals surface area contributed by atoms with E-state index in [1.54, 1.807) is 23.1 Å². The second-order valence-corrected chi connectivity index (χ2v) is 9.39. The zero-order chi connectivity index (χ0) is 21.1. The molecule has 166 valence electrons. The van der Waals surface area contributed by atoms with Gasteiger partial charge in [0.05, 0.1) is 23.4 Å². The van der Waals surface area contributed by atoms with Gasteiger partial charge in [0.25, 0.3) is 5.91 Å². The first-order valence-corrected chi connectivity index (χ1v) is 12.2. The number of hydrogen-bond acceptors (Lipinski definition) is 6. The number of rotatable bonds is 6. The molecule has 3 aromatic rings. The number of carbonyl (C=O) groups excluding carboxylic acids is 1. The molecule has 2 aromatic carbocycles. The van der Waals surface area contributed by atoms with E-state index < -0.39 is 0 Å². The number of morpholine rings is 1. The maximum Gasteiger partial charge on any atom is 0.260 e. The van der Waals surface area contributed by atoms with Gasteiger partial charge in [-0.1, -0.05) is 35.1 Å². The van der Waals surface area contributed by atoms with E-state index in [-0.39, 0.29) is 18.3 Å². The molecule has 0 atom stereocenters. The maximum absolute atomic E-state index is 13.7. The predicted octanol–water partition coefficient (Wildman–Crippen LogP) is 5.04. The highest BCUT2D eigenvalue weighted by molar-refractivity contribution is 7.98. The van der Waals surface area contributed by atoms with Crippen molar-refractivity contribution in [2.45, 2.75) is 18.7 Å². The Morgan fingerprint density at radius 1 is 1.23 bits per heavy atom. The summed E-state index contributed by atoms with van der Waals surface area (Å²) in [6, 6.07) is 12.3. The third-order valence-corrected chi connectivity index (χ3v) is 7.25. The van der Waals surface area contributed by atoms with Gasteiger partial charge in [0.1, 0.15) is 0 Å². The van der Waals surface area contributed by atoms with Crippen LogP contribution in [0.1, 0.15) is 21.5 Å². The number of thioether (sulfide) groups is 1.